The average molecular weight is 380 g/mol. The Bertz CT molecular complexity index is 748. The van der Waals surface area contributed by atoms with Crippen molar-refractivity contribution in [3.05, 3.63) is 59.4 Å². The Labute approximate surface area is 156 Å². The van der Waals surface area contributed by atoms with E-state index in [0.29, 0.717) is 24.6 Å². The fourth-order valence-electron chi connectivity index (χ4n) is 2.37. The standard InChI is InChI=1S/C19H23F3N4O/c1-14-5-6-16(17(10-14)27-13-19(20,21)22)12-26-18(23-2)25-9-7-15-4-3-8-24-11-15/h3-6,8,10-11H,7,9,12-13H2,1-2H3,(H2,23,25,26). The predicted molar refractivity (Wildman–Crippen MR) is 98.9 cm³/mol. The van der Waals surface area contributed by atoms with Crippen molar-refractivity contribution in [1.29, 1.82) is 0 Å². The van der Waals surface area contributed by atoms with Crippen molar-refractivity contribution < 1.29 is 17.9 Å². The van der Waals surface area contributed by atoms with Crippen LogP contribution >= 0.6 is 0 Å². The zero-order valence-corrected chi connectivity index (χ0v) is 15.3. The third-order valence-electron chi connectivity index (χ3n) is 3.71. The van der Waals surface area contributed by atoms with Crippen LogP contribution in [0.5, 0.6) is 5.75 Å². The van der Waals surface area contributed by atoms with Gasteiger partial charge in [0.1, 0.15) is 5.75 Å². The molecule has 0 saturated carbocycles. The van der Waals surface area contributed by atoms with E-state index in [2.05, 4.69) is 20.6 Å². The topological polar surface area (TPSA) is 58.5 Å². The monoisotopic (exact) mass is 380 g/mol. The van der Waals surface area contributed by atoms with Gasteiger partial charge in [0.2, 0.25) is 0 Å². The number of ether oxygens (including phenoxy) is 1. The lowest BCUT2D eigenvalue weighted by Gasteiger charge is -2.16. The number of nitrogens with one attached hydrogen (secondary N) is 2. The van der Waals surface area contributed by atoms with Crippen LogP contribution in [0.1, 0.15) is 16.7 Å². The minimum absolute atomic E-state index is 0.214. The quantitative estimate of drug-likeness (QED) is 0.572. The number of guanidine groups is 1. The summed E-state index contributed by atoms with van der Waals surface area (Å²) in [6.07, 6.45) is -0.0801. The van der Waals surface area contributed by atoms with E-state index in [4.69, 9.17) is 4.74 Å². The van der Waals surface area contributed by atoms with E-state index in [9.17, 15) is 13.2 Å². The molecule has 1 heterocycles. The second-order valence-electron chi connectivity index (χ2n) is 5.98. The number of alkyl halides is 3. The number of rotatable bonds is 7. The maximum atomic E-state index is 12.4. The zero-order chi connectivity index (χ0) is 19.7. The van der Waals surface area contributed by atoms with Crippen molar-refractivity contribution in [2.75, 3.05) is 20.2 Å². The molecule has 1 aromatic heterocycles. The summed E-state index contributed by atoms with van der Waals surface area (Å²) < 4.78 is 42.3. The van der Waals surface area contributed by atoms with Crippen molar-refractivity contribution >= 4 is 5.96 Å². The number of pyridine rings is 1. The number of hydrogen-bond acceptors (Lipinski definition) is 3. The molecule has 8 heteroatoms. The Morgan fingerprint density at radius 3 is 2.70 bits per heavy atom. The lowest BCUT2D eigenvalue weighted by Crippen LogP contribution is -2.38. The van der Waals surface area contributed by atoms with E-state index >= 15 is 0 Å². The Morgan fingerprint density at radius 1 is 1.22 bits per heavy atom. The van der Waals surface area contributed by atoms with Crippen LogP contribution in [0.4, 0.5) is 13.2 Å². The number of benzene rings is 1. The Morgan fingerprint density at radius 2 is 2.04 bits per heavy atom. The summed E-state index contributed by atoms with van der Waals surface area (Å²) in [7, 11) is 1.63. The molecule has 0 bridgehead atoms. The second-order valence-corrected chi connectivity index (χ2v) is 5.98. The summed E-state index contributed by atoms with van der Waals surface area (Å²) in [6, 6.07) is 9.04. The fourth-order valence-corrected chi connectivity index (χ4v) is 2.37. The molecule has 0 radical (unpaired) electrons. The van der Waals surface area contributed by atoms with E-state index in [1.54, 1.807) is 38.5 Å². The highest BCUT2D eigenvalue weighted by Gasteiger charge is 2.28. The number of aliphatic imine (C=N–C) groups is 1. The molecule has 0 fully saturated rings. The van der Waals surface area contributed by atoms with Gasteiger partial charge in [-0.3, -0.25) is 9.98 Å². The second kappa shape index (κ2) is 9.80. The molecule has 0 unspecified atom stereocenters. The Kier molecular flexibility index (Phi) is 7.45. The van der Waals surface area contributed by atoms with Crippen LogP contribution in [0.3, 0.4) is 0 Å². The molecule has 5 nitrogen and oxygen atoms in total. The van der Waals surface area contributed by atoms with E-state index in [1.165, 1.54) is 0 Å². The van der Waals surface area contributed by atoms with E-state index in [1.807, 2.05) is 18.2 Å². The van der Waals surface area contributed by atoms with Crippen LogP contribution in [-0.4, -0.2) is 37.3 Å². The lowest BCUT2D eigenvalue weighted by atomic mass is 10.1. The summed E-state index contributed by atoms with van der Waals surface area (Å²) in [4.78, 5) is 8.19. The van der Waals surface area contributed by atoms with Gasteiger partial charge in [0.25, 0.3) is 0 Å². The molecule has 0 aliphatic carbocycles. The van der Waals surface area contributed by atoms with Gasteiger partial charge in [-0.25, -0.2) is 0 Å². The van der Waals surface area contributed by atoms with Gasteiger partial charge in [-0.15, -0.1) is 0 Å². The molecule has 27 heavy (non-hydrogen) atoms. The molecule has 0 aliphatic rings. The highest BCUT2D eigenvalue weighted by molar-refractivity contribution is 5.79. The van der Waals surface area contributed by atoms with Crippen molar-refractivity contribution in [2.45, 2.75) is 26.1 Å². The molecular weight excluding hydrogens is 357 g/mol. The number of aryl methyl sites for hydroxylation is 1. The molecule has 0 aliphatic heterocycles. The molecule has 0 saturated heterocycles. The molecule has 146 valence electrons. The molecule has 0 spiro atoms. The number of hydrogen-bond donors (Lipinski definition) is 2. The molecule has 0 amide bonds. The maximum absolute atomic E-state index is 12.4. The van der Waals surface area contributed by atoms with Crippen LogP contribution < -0.4 is 15.4 Å². The van der Waals surface area contributed by atoms with Crippen molar-refractivity contribution in [1.82, 2.24) is 15.6 Å². The Hall–Kier alpha value is -2.77. The van der Waals surface area contributed by atoms with Crippen molar-refractivity contribution in [3.63, 3.8) is 0 Å². The average Bonchev–Trinajstić information content (AvgIpc) is 2.64. The molecule has 2 N–H and O–H groups in total. The third kappa shape index (κ3) is 7.55. The summed E-state index contributed by atoms with van der Waals surface area (Å²) in [5.41, 5.74) is 2.55. The van der Waals surface area contributed by atoms with Gasteiger partial charge in [0.05, 0.1) is 0 Å². The van der Waals surface area contributed by atoms with Crippen molar-refractivity contribution in [2.24, 2.45) is 4.99 Å². The van der Waals surface area contributed by atoms with Crippen molar-refractivity contribution in [3.8, 4) is 5.75 Å². The first-order chi connectivity index (χ1) is 12.9. The van der Waals surface area contributed by atoms with Gasteiger partial charge in [0.15, 0.2) is 12.6 Å². The first-order valence-electron chi connectivity index (χ1n) is 8.50. The molecule has 1 aromatic carbocycles. The first kappa shape index (κ1) is 20.5. The highest BCUT2D eigenvalue weighted by atomic mass is 19.4. The first-order valence-corrected chi connectivity index (χ1v) is 8.50. The summed E-state index contributed by atoms with van der Waals surface area (Å²) in [6.45, 7) is 1.43. The smallest absolute Gasteiger partial charge is 0.422 e. The fraction of sp³-hybridized carbons (Fsp3) is 0.368. The van der Waals surface area contributed by atoms with Crippen LogP contribution in [-0.2, 0) is 13.0 Å². The van der Waals surface area contributed by atoms with Crippen LogP contribution in [0, 0.1) is 6.92 Å². The summed E-state index contributed by atoms with van der Waals surface area (Å²) >= 11 is 0. The number of aromatic nitrogens is 1. The summed E-state index contributed by atoms with van der Waals surface area (Å²) in [5, 5.41) is 6.26. The normalized spacial score (nSPS) is 12.0. The van der Waals surface area contributed by atoms with Gasteiger partial charge < -0.3 is 15.4 Å². The molecule has 2 rings (SSSR count). The lowest BCUT2D eigenvalue weighted by molar-refractivity contribution is -0.153. The van der Waals surface area contributed by atoms with Crippen LogP contribution in [0.25, 0.3) is 0 Å². The molecule has 2 aromatic rings. The Balaban J connectivity index is 1.89. The number of halogens is 3. The van der Waals surface area contributed by atoms with Crippen LogP contribution in [0.2, 0.25) is 0 Å². The predicted octanol–water partition coefficient (Wildman–Crippen LogP) is 3.24. The minimum Gasteiger partial charge on any atom is -0.484 e. The van der Waals surface area contributed by atoms with Gasteiger partial charge in [-0.05, 0) is 36.6 Å². The SMILES string of the molecule is CN=C(NCCc1cccnc1)NCc1ccc(C)cc1OCC(F)(F)F. The number of nitrogens with zero attached hydrogens (tertiary/aromatic N) is 2. The van der Waals surface area contributed by atoms with Gasteiger partial charge in [-0.1, -0.05) is 18.2 Å². The third-order valence-corrected chi connectivity index (χ3v) is 3.71. The van der Waals surface area contributed by atoms with E-state index < -0.39 is 12.8 Å². The molecule has 0 atom stereocenters. The van der Waals surface area contributed by atoms with E-state index in [-0.39, 0.29) is 5.75 Å². The van der Waals surface area contributed by atoms with Gasteiger partial charge in [-0.2, -0.15) is 13.2 Å². The minimum atomic E-state index is -4.38. The van der Waals surface area contributed by atoms with Gasteiger partial charge >= 0.3 is 6.18 Å². The van der Waals surface area contributed by atoms with E-state index in [0.717, 1.165) is 17.5 Å². The van der Waals surface area contributed by atoms with Gasteiger partial charge in [0, 0.05) is 38.1 Å². The summed E-state index contributed by atoms with van der Waals surface area (Å²) in [5.74, 6) is 0.770. The zero-order valence-electron chi connectivity index (χ0n) is 15.3. The maximum Gasteiger partial charge on any atom is 0.422 e. The highest BCUT2D eigenvalue weighted by Crippen LogP contribution is 2.23. The largest absolute Gasteiger partial charge is 0.484 e. The molecular formula is C19H23F3N4O. The van der Waals surface area contributed by atoms with Crippen LogP contribution in [0.15, 0.2) is 47.7 Å².